The first-order valence-electron chi connectivity index (χ1n) is 9.70. The Balaban J connectivity index is 2.02. The number of hydrogen-bond donors (Lipinski definition) is 4. The quantitative estimate of drug-likeness (QED) is 0.586. The molecule has 0 saturated heterocycles. The summed E-state index contributed by atoms with van der Waals surface area (Å²) in [5.41, 5.74) is 11.0. The van der Waals surface area contributed by atoms with E-state index in [-0.39, 0.29) is 29.0 Å². The Hall–Kier alpha value is -2.82. The maximum Gasteiger partial charge on any atom is 0.117 e. The van der Waals surface area contributed by atoms with Crippen LogP contribution in [-0.2, 0) is 0 Å². The molecule has 4 nitrogen and oxygen atoms in total. The van der Waals surface area contributed by atoms with E-state index in [1.54, 1.807) is 0 Å². The van der Waals surface area contributed by atoms with Crippen LogP contribution in [0.2, 0.25) is 0 Å². The number of rotatable bonds is 1. The summed E-state index contributed by atoms with van der Waals surface area (Å²) >= 11 is 0. The molecule has 4 atom stereocenters. The van der Waals surface area contributed by atoms with Gasteiger partial charge in [0, 0.05) is 29.5 Å². The van der Waals surface area contributed by atoms with E-state index in [0.29, 0.717) is 5.57 Å². The van der Waals surface area contributed by atoms with Gasteiger partial charge >= 0.3 is 0 Å². The van der Waals surface area contributed by atoms with Crippen LogP contribution in [0.25, 0.3) is 11.1 Å². The molecular formula is C25H27NO3. The van der Waals surface area contributed by atoms with Crippen LogP contribution >= 0.6 is 0 Å². The lowest BCUT2D eigenvalue weighted by Crippen LogP contribution is -2.56. The number of aliphatic hydroxyl groups is 3. The average Bonchev–Trinajstić information content (AvgIpc) is 2.65. The van der Waals surface area contributed by atoms with Crippen LogP contribution in [0.4, 0.5) is 0 Å². The second-order valence-electron chi connectivity index (χ2n) is 8.41. The van der Waals surface area contributed by atoms with Gasteiger partial charge in [-0.3, -0.25) is 0 Å². The maximum atomic E-state index is 11.9. The van der Waals surface area contributed by atoms with Crippen LogP contribution in [0, 0.1) is 18.8 Å². The fourth-order valence-corrected chi connectivity index (χ4v) is 5.57. The molecule has 0 amide bonds. The van der Waals surface area contributed by atoms with E-state index < -0.39 is 23.5 Å². The molecule has 3 aliphatic carbocycles. The Morgan fingerprint density at radius 1 is 1.21 bits per heavy atom. The number of aryl methyl sites for hydroxylation is 1. The Kier molecular flexibility index (Phi) is 4.09. The van der Waals surface area contributed by atoms with Crippen molar-refractivity contribution in [3.05, 3.63) is 95.0 Å². The highest BCUT2D eigenvalue weighted by atomic mass is 16.3. The lowest BCUT2D eigenvalue weighted by atomic mass is 9.54. The zero-order chi connectivity index (χ0) is 21.4. The van der Waals surface area contributed by atoms with Crippen molar-refractivity contribution in [2.75, 3.05) is 0 Å². The Labute approximate surface area is 171 Å². The van der Waals surface area contributed by atoms with Crippen LogP contribution in [-0.4, -0.2) is 27.0 Å². The summed E-state index contributed by atoms with van der Waals surface area (Å²) in [6.45, 7) is 20.2. The van der Waals surface area contributed by atoms with Gasteiger partial charge in [0.2, 0.25) is 0 Å². The molecule has 0 radical (unpaired) electrons. The van der Waals surface area contributed by atoms with Crippen LogP contribution in [0.1, 0.15) is 30.0 Å². The third-order valence-electron chi connectivity index (χ3n) is 6.98. The molecule has 3 aliphatic rings. The SMILES string of the molecule is C=C(N)C1=C(O)C[C@@H]2[C@@H](O)[C@@H]3C(=C)c4cccc(C)c4C(=C)C3=C(C)[C@]2(O)C1=C. The molecule has 0 heterocycles. The van der Waals surface area contributed by atoms with E-state index in [4.69, 9.17) is 5.73 Å². The smallest absolute Gasteiger partial charge is 0.117 e. The Morgan fingerprint density at radius 3 is 2.48 bits per heavy atom. The Bertz CT molecular complexity index is 1090. The van der Waals surface area contributed by atoms with Crippen molar-refractivity contribution in [3.8, 4) is 0 Å². The fourth-order valence-electron chi connectivity index (χ4n) is 5.57. The number of nitrogens with two attached hydrogens (primary N) is 1. The molecule has 4 heteroatoms. The van der Waals surface area contributed by atoms with Crippen molar-refractivity contribution in [1.29, 1.82) is 0 Å². The summed E-state index contributed by atoms with van der Waals surface area (Å²) in [6, 6.07) is 5.97. The van der Waals surface area contributed by atoms with Gasteiger partial charge in [-0.25, -0.2) is 0 Å². The number of fused-ring (bicyclic) bond motifs is 3. The molecule has 150 valence electrons. The van der Waals surface area contributed by atoms with Gasteiger partial charge in [0.1, 0.15) is 11.4 Å². The third-order valence-corrected chi connectivity index (χ3v) is 6.98. The molecule has 0 aromatic heterocycles. The van der Waals surface area contributed by atoms with Gasteiger partial charge in [-0.05, 0) is 58.4 Å². The first-order valence-corrected chi connectivity index (χ1v) is 9.70. The van der Waals surface area contributed by atoms with Gasteiger partial charge < -0.3 is 21.1 Å². The van der Waals surface area contributed by atoms with E-state index in [9.17, 15) is 15.3 Å². The van der Waals surface area contributed by atoms with Gasteiger partial charge in [-0.1, -0.05) is 44.5 Å². The monoisotopic (exact) mass is 389 g/mol. The van der Waals surface area contributed by atoms with E-state index in [0.717, 1.165) is 33.4 Å². The zero-order valence-electron chi connectivity index (χ0n) is 16.9. The first-order chi connectivity index (χ1) is 13.5. The van der Waals surface area contributed by atoms with Gasteiger partial charge in [-0.15, -0.1) is 0 Å². The van der Waals surface area contributed by atoms with Crippen molar-refractivity contribution in [3.63, 3.8) is 0 Å². The van der Waals surface area contributed by atoms with Crippen LogP contribution in [0.5, 0.6) is 0 Å². The van der Waals surface area contributed by atoms with Crippen LogP contribution in [0.15, 0.2) is 78.3 Å². The van der Waals surface area contributed by atoms with Crippen molar-refractivity contribution in [2.45, 2.75) is 32.0 Å². The third kappa shape index (κ3) is 2.27. The van der Waals surface area contributed by atoms with Gasteiger partial charge in [0.05, 0.1) is 6.10 Å². The molecular weight excluding hydrogens is 362 g/mol. The minimum atomic E-state index is -1.56. The molecule has 5 N–H and O–H groups in total. The molecule has 0 spiro atoms. The van der Waals surface area contributed by atoms with Crippen molar-refractivity contribution >= 4 is 11.1 Å². The molecule has 29 heavy (non-hydrogen) atoms. The normalized spacial score (nSPS) is 31.4. The second-order valence-corrected chi connectivity index (χ2v) is 8.41. The lowest BCUT2D eigenvalue weighted by Gasteiger charge is -2.53. The number of aliphatic hydroxyl groups excluding tert-OH is 2. The summed E-state index contributed by atoms with van der Waals surface area (Å²) < 4.78 is 0. The summed E-state index contributed by atoms with van der Waals surface area (Å²) in [4.78, 5) is 0. The number of hydrogen-bond acceptors (Lipinski definition) is 4. The number of benzene rings is 1. The minimum Gasteiger partial charge on any atom is -0.512 e. The molecule has 1 aromatic rings. The summed E-state index contributed by atoms with van der Waals surface area (Å²) in [7, 11) is 0. The minimum absolute atomic E-state index is 0.0102. The van der Waals surface area contributed by atoms with E-state index in [1.807, 2.05) is 32.0 Å². The average molecular weight is 389 g/mol. The predicted octanol–water partition coefficient (Wildman–Crippen LogP) is 3.93. The second kappa shape index (κ2) is 6.09. The predicted molar refractivity (Wildman–Crippen MR) is 117 cm³/mol. The lowest BCUT2D eigenvalue weighted by molar-refractivity contribution is -0.0510. The fraction of sp³-hybridized carbons (Fsp3) is 0.280. The van der Waals surface area contributed by atoms with Crippen molar-refractivity contribution in [1.82, 2.24) is 0 Å². The maximum absolute atomic E-state index is 11.9. The number of allylic oxidation sites excluding steroid dienone is 3. The molecule has 4 rings (SSSR count). The highest BCUT2D eigenvalue weighted by molar-refractivity contribution is 5.96. The molecule has 0 aliphatic heterocycles. The highest BCUT2D eigenvalue weighted by Crippen LogP contribution is 2.59. The molecule has 0 saturated carbocycles. The Morgan fingerprint density at radius 2 is 1.86 bits per heavy atom. The van der Waals surface area contributed by atoms with E-state index in [2.05, 4.69) is 26.3 Å². The largest absolute Gasteiger partial charge is 0.512 e. The van der Waals surface area contributed by atoms with E-state index >= 15 is 0 Å². The topological polar surface area (TPSA) is 86.7 Å². The van der Waals surface area contributed by atoms with Crippen LogP contribution in [0.3, 0.4) is 0 Å². The molecule has 0 fully saturated rings. The van der Waals surface area contributed by atoms with E-state index in [1.165, 1.54) is 0 Å². The highest BCUT2D eigenvalue weighted by Gasteiger charge is 2.57. The molecule has 1 aromatic carbocycles. The molecule has 0 unspecified atom stereocenters. The van der Waals surface area contributed by atoms with Gasteiger partial charge in [-0.2, -0.15) is 0 Å². The van der Waals surface area contributed by atoms with Crippen LogP contribution < -0.4 is 5.73 Å². The van der Waals surface area contributed by atoms with Crippen molar-refractivity contribution < 1.29 is 15.3 Å². The zero-order valence-corrected chi connectivity index (χ0v) is 16.9. The van der Waals surface area contributed by atoms with Crippen molar-refractivity contribution in [2.24, 2.45) is 17.6 Å². The van der Waals surface area contributed by atoms with Gasteiger partial charge in [0.25, 0.3) is 0 Å². The molecule has 0 bridgehead atoms. The summed E-state index contributed by atoms with van der Waals surface area (Å²) in [6.07, 6.45) is -0.896. The first kappa shape index (κ1) is 19.5. The summed E-state index contributed by atoms with van der Waals surface area (Å²) in [5.74, 6) is -1.10. The van der Waals surface area contributed by atoms with Gasteiger partial charge in [0.15, 0.2) is 0 Å². The summed E-state index contributed by atoms with van der Waals surface area (Å²) in [5, 5.41) is 33.8. The standard InChI is InChI=1S/C25H27NO3/c1-11-8-7-9-17-12(2)22-21(13(3)20(11)17)14(4)25(29)15(5)23(16(6)26)19(27)10-18(25)24(22)28/h7-9,18,22,24,27-29H,2-3,5-6,10,26H2,1,4H3/t18-,22-,24-,25+/m1/s1.